The van der Waals surface area contributed by atoms with Crippen LogP contribution in [0.5, 0.6) is 0 Å². The lowest BCUT2D eigenvalue weighted by Gasteiger charge is -2.18. The van der Waals surface area contributed by atoms with E-state index in [0.717, 1.165) is 96.3 Å². The van der Waals surface area contributed by atoms with Gasteiger partial charge in [0.15, 0.2) is 6.10 Å². The van der Waals surface area contributed by atoms with Crippen LogP contribution in [-0.2, 0) is 28.6 Å². The second kappa shape index (κ2) is 61.7. The van der Waals surface area contributed by atoms with Gasteiger partial charge in [-0.25, -0.2) is 0 Å². The second-order valence-corrected chi connectivity index (χ2v) is 21.3. The molecule has 1 atom stereocenters. The SMILES string of the molecule is CC/C=C\C/C=C\C/C=C\C/C=C\CCCCCCC(=O)OC(COC(=O)CCCCCCCCC)COC(=O)CCCCCCCCCCCCCCCCCCCCC/C=C\CCCCCCCCCC. The van der Waals surface area contributed by atoms with Crippen LogP contribution in [0.1, 0.15) is 329 Å². The molecule has 1 unspecified atom stereocenters. The van der Waals surface area contributed by atoms with Gasteiger partial charge in [0.05, 0.1) is 0 Å². The van der Waals surface area contributed by atoms with E-state index in [4.69, 9.17) is 14.2 Å². The number of unbranched alkanes of at least 4 members (excludes halogenated alkanes) is 37. The van der Waals surface area contributed by atoms with Gasteiger partial charge in [0, 0.05) is 19.3 Å². The Hall–Kier alpha value is -2.89. The van der Waals surface area contributed by atoms with Crippen molar-refractivity contribution >= 4 is 17.9 Å². The molecule has 0 aromatic heterocycles. The van der Waals surface area contributed by atoms with E-state index < -0.39 is 6.10 Å². The number of carbonyl (C=O) groups excluding carboxylic acids is 3. The summed E-state index contributed by atoms with van der Waals surface area (Å²) in [6.07, 6.45) is 78.4. The minimum atomic E-state index is -0.783. The van der Waals surface area contributed by atoms with Gasteiger partial charge in [0.1, 0.15) is 13.2 Å². The normalized spacial score (nSPS) is 12.4. The van der Waals surface area contributed by atoms with Crippen molar-refractivity contribution in [3.8, 4) is 0 Å². The van der Waals surface area contributed by atoms with Crippen LogP contribution in [0.2, 0.25) is 0 Å². The average molecular weight is 1020 g/mol. The van der Waals surface area contributed by atoms with Crippen molar-refractivity contribution in [3.05, 3.63) is 60.8 Å². The average Bonchev–Trinajstić information content (AvgIpc) is 3.39. The third-order valence-electron chi connectivity index (χ3n) is 14.0. The van der Waals surface area contributed by atoms with Gasteiger partial charge in [-0.2, -0.15) is 0 Å². The molecule has 0 aliphatic heterocycles. The summed E-state index contributed by atoms with van der Waals surface area (Å²) in [5.41, 5.74) is 0. The highest BCUT2D eigenvalue weighted by molar-refractivity contribution is 5.71. The summed E-state index contributed by atoms with van der Waals surface area (Å²) in [7, 11) is 0. The van der Waals surface area contributed by atoms with Crippen molar-refractivity contribution in [1.29, 1.82) is 0 Å². The molecule has 0 aliphatic carbocycles. The molecule has 0 bridgehead atoms. The summed E-state index contributed by atoms with van der Waals surface area (Å²) < 4.78 is 16.8. The Kier molecular flexibility index (Phi) is 59.2. The molecular formula is C67H120O6. The third kappa shape index (κ3) is 59.9. The fourth-order valence-electron chi connectivity index (χ4n) is 9.25. The Morgan fingerprint density at radius 1 is 0.288 bits per heavy atom. The van der Waals surface area contributed by atoms with Crippen molar-refractivity contribution in [3.63, 3.8) is 0 Å². The number of esters is 3. The Bertz CT molecular complexity index is 1310. The van der Waals surface area contributed by atoms with E-state index in [9.17, 15) is 14.4 Å². The van der Waals surface area contributed by atoms with Gasteiger partial charge in [-0.1, -0.05) is 287 Å². The Morgan fingerprint density at radius 3 is 0.849 bits per heavy atom. The fourth-order valence-corrected chi connectivity index (χ4v) is 9.25. The van der Waals surface area contributed by atoms with Crippen LogP contribution in [0.3, 0.4) is 0 Å². The summed E-state index contributed by atoms with van der Waals surface area (Å²) in [4.78, 5) is 38.0. The predicted molar refractivity (Wildman–Crippen MR) is 316 cm³/mol. The van der Waals surface area contributed by atoms with Crippen LogP contribution >= 0.6 is 0 Å². The number of carbonyl (C=O) groups is 3. The van der Waals surface area contributed by atoms with Crippen LogP contribution in [-0.4, -0.2) is 37.2 Å². The standard InChI is InChI=1S/C67H120O6/c1-4-7-10-13-16-18-20-22-24-26-27-28-29-30-31-32-33-34-35-36-37-38-39-41-42-44-46-48-51-54-57-60-66(69)72-63-64(62-71-65(68)59-56-53-50-15-12-9-6-3)73-67(70)61-58-55-52-49-47-45-43-40-25-23-21-19-17-14-11-8-5-2/h8,11,17,19,23,25-27,43,45,64H,4-7,9-10,12-16,18,20-22,24,28-42,44,46-63H2,1-3H3/b11-8-,19-17-,25-23-,27-26-,45-43-. The molecule has 0 spiro atoms. The van der Waals surface area contributed by atoms with Crippen molar-refractivity contribution < 1.29 is 28.6 Å². The summed E-state index contributed by atoms with van der Waals surface area (Å²) in [5.74, 6) is -0.899. The van der Waals surface area contributed by atoms with E-state index in [1.165, 1.54) is 193 Å². The Morgan fingerprint density at radius 2 is 0.534 bits per heavy atom. The molecule has 0 aromatic carbocycles. The smallest absolute Gasteiger partial charge is 0.306 e. The van der Waals surface area contributed by atoms with Gasteiger partial charge in [0.2, 0.25) is 0 Å². The van der Waals surface area contributed by atoms with Crippen LogP contribution in [0, 0.1) is 0 Å². The highest BCUT2D eigenvalue weighted by Crippen LogP contribution is 2.17. The van der Waals surface area contributed by atoms with E-state index in [0.29, 0.717) is 19.3 Å². The third-order valence-corrected chi connectivity index (χ3v) is 14.0. The van der Waals surface area contributed by atoms with E-state index in [1.54, 1.807) is 0 Å². The molecular weight excluding hydrogens is 901 g/mol. The number of allylic oxidation sites excluding steroid dienone is 10. The lowest BCUT2D eigenvalue weighted by molar-refractivity contribution is -0.167. The van der Waals surface area contributed by atoms with Gasteiger partial charge in [-0.3, -0.25) is 14.4 Å². The van der Waals surface area contributed by atoms with Gasteiger partial charge < -0.3 is 14.2 Å². The van der Waals surface area contributed by atoms with E-state index in [2.05, 4.69) is 81.5 Å². The highest BCUT2D eigenvalue weighted by Gasteiger charge is 2.19. The Balaban J connectivity index is 4.03. The van der Waals surface area contributed by atoms with Gasteiger partial charge >= 0.3 is 17.9 Å². The van der Waals surface area contributed by atoms with Crippen molar-refractivity contribution in [2.45, 2.75) is 335 Å². The molecule has 0 N–H and O–H groups in total. The van der Waals surface area contributed by atoms with E-state index >= 15 is 0 Å². The zero-order valence-electron chi connectivity index (χ0n) is 48.7. The quantitative estimate of drug-likeness (QED) is 0.0261. The molecule has 6 heteroatoms. The number of hydrogen-bond donors (Lipinski definition) is 0. The van der Waals surface area contributed by atoms with Crippen molar-refractivity contribution in [1.82, 2.24) is 0 Å². The molecule has 0 aliphatic rings. The fraction of sp³-hybridized carbons (Fsp3) is 0.806. The van der Waals surface area contributed by atoms with Crippen LogP contribution in [0.4, 0.5) is 0 Å². The Labute approximate surface area is 453 Å². The maximum Gasteiger partial charge on any atom is 0.306 e. The minimum Gasteiger partial charge on any atom is -0.462 e. The largest absolute Gasteiger partial charge is 0.462 e. The first-order chi connectivity index (χ1) is 36.0. The number of rotatable bonds is 58. The first kappa shape index (κ1) is 70.1. The molecule has 424 valence electrons. The van der Waals surface area contributed by atoms with Gasteiger partial charge in [-0.15, -0.1) is 0 Å². The molecule has 0 saturated heterocycles. The van der Waals surface area contributed by atoms with E-state index in [1.807, 2.05) is 0 Å². The molecule has 0 rings (SSSR count). The van der Waals surface area contributed by atoms with Crippen molar-refractivity contribution in [2.75, 3.05) is 13.2 Å². The first-order valence-electron chi connectivity index (χ1n) is 31.8. The zero-order valence-corrected chi connectivity index (χ0v) is 48.7. The van der Waals surface area contributed by atoms with Gasteiger partial charge in [-0.05, 0) is 83.5 Å². The maximum atomic E-state index is 12.8. The summed E-state index contributed by atoms with van der Waals surface area (Å²) in [5, 5.41) is 0. The zero-order chi connectivity index (χ0) is 52.9. The summed E-state index contributed by atoms with van der Waals surface area (Å²) in [6, 6.07) is 0. The van der Waals surface area contributed by atoms with Gasteiger partial charge in [0.25, 0.3) is 0 Å². The molecule has 6 nitrogen and oxygen atoms in total. The first-order valence-corrected chi connectivity index (χ1v) is 31.8. The topological polar surface area (TPSA) is 78.9 Å². The van der Waals surface area contributed by atoms with Crippen LogP contribution in [0.25, 0.3) is 0 Å². The lowest BCUT2D eigenvalue weighted by atomic mass is 10.0. The number of ether oxygens (including phenoxy) is 3. The molecule has 0 saturated carbocycles. The predicted octanol–water partition coefficient (Wildman–Crippen LogP) is 21.6. The minimum absolute atomic E-state index is 0.0811. The maximum absolute atomic E-state index is 12.8. The summed E-state index contributed by atoms with van der Waals surface area (Å²) in [6.45, 7) is 6.50. The van der Waals surface area contributed by atoms with E-state index in [-0.39, 0.29) is 31.1 Å². The van der Waals surface area contributed by atoms with Crippen molar-refractivity contribution in [2.24, 2.45) is 0 Å². The molecule has 0 fully saturated rings. The molecule has 73 heavy (non-hydrogen) atoms. The summed E-state index contributed by atoms with van der Waals surface area (Å²) >= 11 is 0. The molecule has 0 amide bonds. The molecule has 0 aromatic rings. The van der Waals surface area contributed by atoms with Crippen LogP contribution in [0.15, 0.2) is 60.8 Å². The monoisotopic (exact) mass is 1020 g/mol. The second-order valence-electron chi connectivity index (χ2n) is 21.3. The number of hydrogen-bond acceptors (Lipinski definition) is 6. The highest BCUT2D eigenvalue weighted by atomic mass is 16.6. The molecule has 0 heterocycles. The lowest BCUT2D eigenvalue weighted by Crippen LogP contribution is -2.30. The molecule has 0 radical (unpaired) electrons. The van der Waals surface area contributed by atoms with Crippen LogP contribution < -0.4 is 0 Å².